The molecule has 2 heterocycles. The second-order valence-corrected chi connectivity index (χ2v) is 6.30. The first kappa shape index (κ1) is 18.4. The number of hydrogen-bond acceptors (Lipinski definition) is 5. The minimum atomic E-state index is -0.575. The molecule has 2 aromatic rings. The molecule has 7 heteroatoms. The highest BCUT2D eigenvalue weighted by Crippen LogP contribution is 2.27. The van der Waals surface area contributed by atoms with Crippen molar-refractivity contribution in [1.82, 2.24) is 9.79 Å². The minimum Gasteiger partial charge on any atom is -0.473 e. The number of hydrogen-bond donors (Lipinski definition) is 0. The Morgan fingerprint density at radius 3 is 2.77 bits per heavy atom. The second kappa shape index (κ2) is 8.32. The van der Waals surface area contributed by atoms with Gasteiger partial charge in [0.25, 0.3) is 0 Å². The summed E-state index contributed by atoms with van der Waals surface area (Å²) in [7, 11) is 7.05. The van der Waals surface area contributed by atoms with Gasteiger partial charge in [0, 0.05) is 23.2 Å². The summed E-state index contributed by atoms with van der Waals surface area (Å²) in [6, 6.07) is 9.80. The Hall–Kier alpha value is -2.41. The molecule has 0 amide bonds. The van der Waals surface area contributed by atoms with Gasteiger partial charge >= 0.3 is 5.97 Å². The molecule has 0 bridgehead atoms. The summed E-state index contributed by atoms with van der Waals surface area (Å²) in [5.41, 5.74) is 1.48. The molecule has 5 nitrogen and oxygen atoms in total. The predicted octanol–water partition coefficient (Wildman–Crippen LogP) is 2.85. The van der Waals surface area contributed by atoms with E-state index >= 15 is 0 Å². The molecule has 1 saturated heterocycles. The minimum absolute atomic E-state index is 0.0327. The van der Waals surface area contributed by atoms with Gasteiger partial charge in [0.2, 0.25) is 5.88 Å². The molecule has 0 spiro atoms. The summed E-state index contributed by atoms with van der Waals surface area (Å²) < 4.78 is 24.4. The van der Waals surface area contributed by atoms with Crippen molar-refractivity contribution in [3.63, 3.8) is 0 Å². The number of methoxy groups -OCH3 is 1. The lowest BCUT2D eigenvalue weighted by atomic mass is 9.92. The predicted molar refractivity (Wildman–Crippen MR) is 95.6 cm³/mol. The molecule has 134 valence electrons. The molecular formula is C19H20BFN2O3. The molecule has 1 aromatic carbocycles. The molecule has 1 aliphatic heterocycles. The summed E-state index contributed by atoms with van der Waals surface area (Å²) >= 11 is 0. The van der Waals surface area contributed by atoms with E-state index in [4.69, 9.17) is 12.7 Å². The topological polar surface area (TPSA) is 51.7 Å². The molecule has 1 fully saturated rings. The summed E-state index contributed by atoms with van der Waals surface area (Å²) in [5, 5.41) is 0. The third-order valence-electron chi connectivity index (χ3n) is 4.54. The number of carbonyl (C=O) groups is 1. The van der Waals surface area contributed by atoms with Gasteiger partial charge in [-0.3, -0.25) is 0 Å². The zero-order chi connectivity index (χ0) is 18.5. The molecule has 1 aliphatic rings. The van der Waals surface area contributed by atoms with E-state index in [1.165, 1.54) is 19.2 Å². The van der Waals surface area contributed by atoms with Crippen molar-refractivity contribution in [2.45, 2.75) is 25.4 Å². The number of rotatable bonds is 5. The summed E-state index contributed by atoms with van der Waals surface area (Å²) in [6.07, 6.45) is 1.91. The van der Waals surface area contributed by atoms with Gasteiger partial charge < -0.3 is 14.3 Å². The first-order chi connectivity index (χ1) is 12.6. The van der Waals surface area contributed by atoms with Crippen molar-refractivity contribution >= 4 is 14.0 Å². The van der Waals surface area contributed by atoms with Gasteiger partial charge in [0.1, 0.15) is 12.4 Å². The van der Waals surface area contributed by atoms with Crippen molar-refractivity contribution in [1.29, 1.82) is 0 Å². The number of nitrogens with zero attached hydrogens (tertiary/aromatic N) is 2. The van der Waals surface area contributed by atoms with Crippen molar-refractivity contribution in [2.75, 3.05) is 20.2 Å². The van der Waals surface area contributed by atoms with Gasteiger partial charge in [-0.05, 0) is 44.1 Å². The fraction of sp³-hybridized carbons (Fsp3) is 0.368. The van der Waals surface area contributed by atoms with Crippen LogP contribution in [0.3, 0.4) is 0 Å². The van der Waals surface area contributed by atoms with E-state index in [-0.39, 0.29) is 12.2 Å². The number of ether oxygens (including phenoxy) is 2. The number of halogens is 1. The Labute approximate surface area is 153 Å². The quantitative estimate of drug-likeness (QED) is 0.611. The molecular weight excluding hydrogens is 334 g/mol. The fourth-order valence-corrected chi connectivity index (χ4v) is 2.99. The smallest absolute Gasteiger partial charge is 0.337 e. The number of carbonyl (C=O) groups excluding carboxylic acids is 1. The molecule has 0 N–H and O–H groups in total. The van der Waals surface area contributed by atoms with Crippen LogP contribution in [0.25, 0.3) is 0 Å². The standard InChI is InChI=1S/C19H20BFN2O3/c1-25-19(24)14-5-6-15(16(21)11-14)12-26-18-4-2-3-17(22-18)13-7-9-23(20)10-8-13/h2-6,11,13H,7-10,12H2,1H3. The molecule has 0 unspecified atom stereocenters. The van der Waals surface area contributed by atoms with Crippen LogP contribution < -0.4 is 4.74 Å². The number of benzene rings is 1. The van der Waals surface area contributed by atoms with Gasteiger partial charge in [0.15, 0.2) is 7.98 Å². The van der Waals surface area contributed by atoms with Gasteiger partial charge in [-0.25, -0.2) is 14.2 Å². The van der Waals surface area contributed by atoms with Crippen molar-refractivity contribution in [3.05, 3.63) is 59.0 Å². The fourth-order valence-electron chi connectivity index (χ4n) is 2.99. The van der Waals surface area contributed by atoms with E-state index in [0.717, 1.165) is 37.7 Å². The zero-order valence-electron chi connectivity index (χ0n) is 14.7. The Morgan fingerprint density at radius 1 is 1.31 bits per heavy atom. The van der Waals surface area contributed by atoms with E-state index < -0.39 is 11.8 Å². The molecule has 2 radical (unpaired) electrons. The molecule has 0 aliphatic carbocycles. The first-order valence-corrected chi connectivity index (χ1v) is 8.53. The molecule has 0 atom stereocenters. The SMILES string of the molecule is [B]N1CCC(c2cccc(OCc3ccc(C(=O)OC)cc3F)n2)CC1. The maximum atomic E-state index is 14.1. The molecule has 0 saturated carbocycles. The van der Waals surface area contributed by atoms with Gasteiger partial charge in [-0.2, -0.15) is 0 Å². The molecule has 3 rings (SSSR count). The number of aromatic nitrogens is 1. The second-order valence-electron chi connectivity index (χ2n) is 6.30. The van der Waals surface area contributed by atoms with Crippen LogP contribution in [0.2, 0.25) is 0 Å². The largest absolute Gasteiger partial charge is 0.473 e. The van der Waals surface area contributed by atoms with Gasteiger partial charge in [0.05, 0.1) is 12.7 Å². The Bertz CT molecular complexity index is 779. The first-order valence-electron chi connectivity index (χ1n) is 8.53. The van der Waals surface area contributed by atoms with Crippen LogP contribution in [-0.2, 0) is 11.3 Å². The Kier molecular flexibility index (Phi) is 5.88. The highest BCUT2D eigenvalue weighted by atomic mass is 19.1. The third kappa shape index (κ3) is 4.41. The highest BCUT2D eigenvalue weighted by molar-refractivity contribution is 6.04. The van der Waals surface area contributed by atoms with Crippen LogP contribution in [0.1, 0.15) is 40.4 Å². The lowest BCUT2D eigenvalue weighted by Crippen LogP contribution is -2.30. The third-order valence-corrected chi connectivity index (χ3v) is 4.54. The Balaban J connectivity index is 1.65. The van der Waals surface area contributed by atoms with Gasteiger partial charge in [-0.15, -0.1) is 0 Å². The summed E-state index contributed by atoms with van der Waals surface area (Å²) in [4.78, 5) is 17.8. The van der Waals surface area contributed by atoms with Crippen LogP contribution in [0.15, 0.2) is 36.4 Å². The molecule has 26 heavy (non-hydrogen) atoms. The molecule has 1 aromatic heterocycles. The van der Waals surface area contributed by atoms with Gasteiger partial charge in [-0.1, -0.05) is 12.1 Å². The van der Waals surface area contributed by atoms with E-state index in [0.29, 0.717) is 17.4 Å². The summed E-state index contributed by atoms with van der Waals surface area (Å²) in [6.45, 7) is 1.72. The lowest BCUT2D eigenvalue weighted by molar-refractivity contribution is 0.0600. The maximum absolute atomic E-state index is 14.1. The summed E-state index contributed by atoms with van der Waals surface area (Å²) in [5.74, 6) is -0.280. The van der Waals surface area contributed by atoms with Crippen LogP contribution in [0.5, 0.6) is 5.88 Å². The number of esters is 1. The van der Waals surface area contributed by atoms with E-state index in [1.54, 1.807) is 6.07 Å². The number of piperidine rings is 1. The van der Waals surface area contributed by atoms with Crippen molar-refractivity contribution in [3.8, 4) is 5.88 Å². The highest BCUT2D eigenvalue weighted by Gasteiger charge is 2.19. The van der Waals surface area contributed by atoms with Crippen molar-refractivity contribution in [2.24, 2.45) is 0 Å². The van der Waals surface area contributed by atoms with E-state index in [9.17, 15) is 9.18 Å². The van der Waals surface area contributed by atoms with E-state index in [1.807, 2.05) is 16.9 Å². The van der Waals surface area contributed by atoms with Crippen molar-refractivity contribution < 1.29 is 18.7 Å². The zero-order valence-corrected chi connectivity index (χ0v) is 14.7. The monoisotopic (exact) mass is 354 g/mol. The lowest BCUT2D eigenvalue weighted by Gasteiger charge is -2.29. The maximum Gasteiger partial charge on any atom is 0.337 e. The van der Waals surface area contributed by atoms with Crippen LogP contribution in [0.4, 0.5) is 4.39 Å². The number of pyridine rings is 1. The van der Waals surface area contributed by atoms with E-state index in [2.05, 4.69) is 9.72 Å². The van der Waals surface area contributed by atoms with Crippen LogP contribution in [-0.4, -0.2) is 43.9 Å². The Morgan fingerprint density at radius 2 is 2.08 bits per heavy atom. The van der Waals surface area contributed by atoms with Crippen LogP contribution in [0, 0.1) is 5.82 Å². The van der Waals surface area contributed by atoms with Crippen LogP contribution >= 0.6 is 0 Å². The average molecular weight is 354 g/mol. The average Bonchev–Trinajstić information content (AvgIpc) is 2.67. The normalized spacial score (nSPS) is 15.6.